The maximum Gasteiger partial charge on any atom is 0.244 e. The van der Waals surface area contributed by atoms with E-state index in [-0.39, 0.29) is 24.4 Å². The lowest BCUT2D eigenvalue weighted by Crippen LogP contribution is -2.50. The van der Waals surface area contributed by atoms with Crippen LogP contribution < -0.4 is 16.4 Å². The van der Waals surface area contributed by atoms with Crippen LogP contribution in [-0.2, 0) is 16.0 Å². The number of aliphatic imine (C=N–C) groups is 1. The molecule has 2 aliphatic rings. The van der Waals surface area contributed by atoms with Gasteiger partial charge in [0.2, 0.25) is 11.8 Å². The van der Waals surface area contributed by atoms with Gasteiger partial charge >= 0.3 is 0 Å². The number of carbonyl (C=O) groups excluding carboxylic acids is 2. The molecule has 2 heterocycles. The Balaban J connectivity index is 1.42. The summed E-state index contributed by atoms with van der Waals surface area (Å²) in [6, 6.07) is 10.9. The molecule has 2 aliphatic heterocycles. The lowest BCUT2D eigenvalue weighted by Gasteiger charge is -2.33. The molecule has 0 unspecified atom stereocenters. The maximum atomic E-state index is 12.7. The molecule has 1 aromatic carbocycles. The average Bonchev–Trinajstić information content (AvgIpc) is 2.79. The number of benzene rings is 1. The molecule has 0 radical (unpaired) electrons. The van der Waals surface area contributed by atoms with Crippen molar-refractivity contribution in [3.05, 3.63) is 35.9 Å². The summed E-state index contributed by atoms with van der Waals surface area (Å²) in [5, 5.41) is 6.70. The minimum absolute atomic E-state index is 0.0941. The zero-order valence-electron chi connectivity index (χ0n) is 19.3. The second kappa shape index (κ2) is 12.4. The normalized spacial score (nSPS) is 19.0. The fourth-order valence-electron chi connectivity index (χ4n) is 4.55. The number of hydrogen-bond donors (Lipinski definition) is 3. The molecule has 0 spiro atoms. The molecule has 2 fully saturated rings. The number of primary amides is 1. The van der Waals surface area contributed by atoms with E-state index < -0.39 is 0 Å². The highest BCUT2D eigenvalue weighted by Crippen LogP contribution is 2.21. The van der Waals surface area contributed by atoms with Gasteiger partial charge in [0, 0.05) is 38.8 Å². The second-order valence-corrected chi connectivity index (χ2v) is 8.87. The van der Waals surface area contributed by atoms with Gasteiger partial charge in [0.25, 0.3) is 0 Å². The van der Waals surface area contributed by atoms with Crippen molar-refractivity contribution >= 4 is 17.8 Å². The highest BCUT2D eigenvalue weighted by atomic mass is 16.2. The Morgan fingerprint density at radius 3 is 2.38 bits per heavy atom. The Morgan fingerprint density at radius 1 is 1.06 bits per heavy atom. The van der Waals surface area contributed by atoms with Gasteiger partial charge in [-0.15, -0.1) is 0 Å². The quantitative estimate of drug-likeness (QED) is 0.411. The summed E-state index contributed by atoms with van der Waals surface area (Å²) in [5.74, 6) is 1.14. The smallest absolute Gasteiger partial charge is 0.244 e. The molecule has 8 heteroatoms. The van der Waals surface area contributed by atoms with Gasteiger partial charge in [0.05, 0.1) is 6.54 Å². The molecule has 2 amide bonds. The van der Waals surface area contributed by atoms with E-state index in [1.54, 1.807) is 0 Å². The van der Waals surface area contributed by atoms with Gasteiger partial charge in [-0.25, -0.2) is 4.99 Å². The number of carbonyl (C=O) groups is 2. The number of guanidine groups is 1. The van der Waals surface area contributed by atoms with Crippen molar-refractivity contribution in [2.45, 2.75) is 45.1 Å². The van der Waals surface area contributed by atoms with Crippen molar-refractivity contribution in [3.63, 3.8) is 0 Å². The zero-order chi connectivity index (χ0) is 22.8. The Kier molecular flexibility index (Phi) is 9.34. The number of nitrogens with two attached hydrogens (primary N) is 1. The van der Waals surface area contributed by atoms with Crippen molar-refractivity contribution in [1.29, 1.82) is 0 Å². The predicted molar refractivity (Wildman–Crippen MR) is 127 cm³/mol. The zero-order valence-corrected chi connectivity index (χ0v) is 19.3. The number of rotatable bonds is 8. The highest BCUT2D eigenvalue weighted by molar-refractivity contribution is 5.85. The minimum atomic E-state index is -0.283. The third-order valence-electron chi connectivity index (χ3n) is 6.36. The first kappa shape index (κ1) is 24.0. The number of amides is 2. The summed E-state index contributed by atoms with van der Waals surface area (Å²) in [6.07, 6.45) is 5.02. The van der Waals surface area contributed by atoms with E-state index in [0.29, 0.717) is 18.4 Å². The Bertz CT molecular complexity index is 753. The Hall–Kier alpha value is -2.61. The van der Waals surface area contributed by atoms with Crippen molar-refractivity contribution in [3.8, 4) is 0 Å². The van der Waals surface area contributed by atoms with Crippen molar-refractivity contribution in [1.82, 2.24) is 20.4 Å². The van der Waals surface area contributed by atoms with E-state index in [2.05, 4.69) is 50.9 Å². The van der Waals surface area contributed by atoms with Crippen LogP contribution in [0, 0.1) is 5.92 Å². The largest absolute Gasteiger partial charge is 0.369 e. The van der Waals surface area contributed by atoms with Gasteiger partial charge < -0.3 is 21.3 Å². The molecule has 176 valence electrons. The molecule has 1 aromatic rings. The van der Waals surface area contributed by atoms with Crippen LogP contribution in [0.3, 0.4) is 0 Å². The first-order chi connectivity index (χ1) is 15.5. The molecule has 0 aromatic heterocycles. The Morgan fingerprint density at radius 2 is 1.75 bits per heavy atom. The minimum Gasteiger partial charge on any atom is -0.369 e. The highest BCUT2D eigenvalue weighted by Gasteiger charge is 2.24. The van der Waals surface area contributed by atoms with Crippen molar-refractivity contribution in [2.75, 3.05) is 45.8 Å². The molecule has 0 saturated carbocycles. The number of nitrogens with one attached hydrogen (secondary N) is 2. The summed E-state index contributed by atoms with van der Waals surface area (Å²) < 4.78 is 0. The monoisotopic (exact) mass is 442 g/mol. The molecule has 0 aliphatic carbocycles. The van der Waals surface area contributed by atoms with E-state index in [9.17, 15) is 9.59 Å². The SMILES string of the molecule is CCNC(=NCC(=O)N1CCC(Cc2ccccc2)CC1)NC1CCN(CC(N)=O)CC1. The van der Waals surface area contributed by atoms with E-state index in [4.69, 9.17) is 5.73 Å². The lowest BCUT2D eigenvalue weighted by atomic mass is 9.90. The van der Waals surface area contributed by atoms with Crippen LogP contribution in [0.4, 0.5) is 0 Å². The van der Waals surface area contributed by atoms with Gasteiger partial charge in [-0.1, -0.05) is 30.3 Å². The Labute approximate surface area is 191 Å². The summed E-state index contributed by atoms with van der Waals surface area (Å²) in [5.41, 5.74) is 6.67. The van der Waals surface area contributed by atoms with Crippen LogP contribution in [0.15, 0.2) is 35.3 Å². The lowest BCUT2D eigenvalue weighted by molar-refractivity contribution is -0.131. The fraction of sp³-hybridized carbons (Fsp3) is 0.625. The molecule has 2 saturated heterocycles. The van der Waals surface area contributed by atoms with E-state index in [1.807, 2.05) is 11.8 Å². The molecule has 0 atom stereocenters. The summed E-state index contributed by atoms with van der Waals surface area (Å²) in [7, 11) is 0. The fourth-order valence-corrected chi connectivity index (χ4v) is 4.55. The van der Waals surface area contributed by atoms with Crippen LogP contribution in [0.25, 0.3) is 0 Å². The molecule has 0 bridgehead atoms. The van der Waals surface area contributed by atoms with Crippen LogP contribution in [0.5, 0.6) is 0 Å². The van der Waals surface area contributed by atoms with Crippen LogP contribution >= 0.6 is 0 Å². The molecular formula is C24H38N6O2. The van der Waals surface area contributed by atoms with Crippen LogP contribution in [0.2, 0.25) is 0 Å². The first-order valence-electron chi connectivity index (χ1n) is 11.9. The summed E-state index contributed by atoms with van der Waals surface area (Å²) in [4.78, 5) is 32.4. The van der Waals surface area contributed by atoms with Crippen molar-refractivity contribution < 1.29 is 9.59 Å². The number of piperidine rings is 2. The van der Waals surface area contributed by atoms with Gasteiger partial charge in [0.1, 0.15) is 6.54 Å². The van der Waals surface area contributed by atoms with E-state index >= 15 is 0 Å². The summed E-state index contributed by atoms with van der Waals surface area (Å²) in [6.45, 7) is 6.53. The predicted octanol–water partition coefficient (Wildman–Crippen LogP) is 0.973. The number of nitrogens with zero attached hydrogens (tertiary/aromatic N) is 3. The van der Waals surface area contributed by atoms with Crippen LogP contribution in [0.1, 0.15) is 38.2 Å². The first-order valence-corrected chi connectivity index (χ1v) is 11.9. The molecule has 3 rings (SSSR count). The third kappa shape index (κ3) is 7.82. The third-order valence-corrected chi connectivity index (χ3v) is 6.36. The van der Waals surface area contributed by atoms with E-state index in [1.165, 1.54) is 5.56 Å². The van der Waals surface area contributed by atoms with Crippen LogP contribution in [-0.4, -0.2) is 79.4 Å². The molecule has 4 N–H and O–H groups in total. The maximum absolute atomic E-state index is 12.7. The second-order valence-electron chi connectivity index (χ2n) is 8.87. The molecular weight excluding hydrogens is 404 g/mol. The van der Waals surface area contributed by atoms with Gasteiger partial charge in [-0.05, 0) is 50.5 Å². The number of likely N-dealkylation sites (tertiary alicyclic amines) is 2. The number of hydrogen-bond acceptors (Lipinski definition) is 4. The average molecular weight is 443 g/mol. The topological polar surface area (TPSA) is 103 Å². The van der Waals surface area contributed by atoms with Crippen molar-refractivity contribution in [2.24, 2.45) is 16.6 Å². The molecule has 8 nitrogen and oxygen atoms in total. The van der Waals surface area contributed by atoms with Gasteiger partial charge in [-0.2, -0.15) is 0 Å². The van der Waals surface area contributed by atoms with Gasteiger partial charge in [-0.3, -0.25) is 14.5 Å². The van der Waals surface area contributed by atoms with Gasteiger partial charge in [0.15, 0.2) is 5.96 Å². The molecule has 32 heavy (non-hydrogen) atoms. The standard InChI is InChI=1S/C24H38N6O2/c1-2-26-24(28-21-10-12-29(13-11-21)18-22(25)31)27-17-23(32)30-14-8-20(9-15-30)16-19-6-4-3-5-7-19/h3-7,20-21H,2,8-18H2,1H3,(H2,25,31)(H2,26,27,28). The van der Waals surface area contributed by atoms with E-state index in [0.717, 1.165) is 64.8 Å². The summed E-state index contributed by atoms with van der Waals surface area (Å²) >= 11 is 0.